The molecular weight excluding hydrogens is 390 g/mol. The zero-order valence-corrected chi connectivity index (χ0v) is 14.0. The smallest absolute Gasteiger partial charge is 0.394 e. The minimum absolute atomic E-state index is 0.512. The molecule has 0 aromatic heterocycles. The fraction of sp³-hybridized carbons (Fsp3) is 0.105. The molecular formula is C19H12F6O3. The van der Waals surface area contributed by atoms with Crippen LogP contribution < -0.4 is 9.47 Å². The molecule has 0 unspecified atom stereocenters. The first kappa shape index (κ1) is 21.1. The SMILES string of the molecule is C=Cc1c(OC(=O)Oc2cccc(C(F)(F)F)c2C=C)cccc1C(F)(F)F. The molecule has 28 heavy (non-hydrogen) atoms. The molecule has 0 heterocycles. The van der Waals surface area contributed by atoms with Gasteiger partial charge in [-0.15, -0.1) is 0 Å². The molecule has 0 atom stereocenters. The van der Waals surface area contributed by atoms with E-state index in [4.69, 9.17) is 9.47 Å². The number of rotatable bonds is 4. The largest absolute Gasteiger partial charge is 0.519 e. The van der Waals surface area contributed by atoms with Crippen molar-refractivity contribution in [3.8, 4) is 11.5 Å². The summed E-state index contributed by atoms with van der Waals surface area (Å²) >= 11 is 0. The number of halogens is 6. The van der Waals surface area contributed by atoms with Gasteiger partial charge < -0.3 is 9.47 Å². The molecule has 9 heteroatoms. The van der Waals surface area contributed by atoms with Crippen LogP contribution in [0, 0.1) is 0 Å². The van der Waals surface area contributed by atoms with Gasteiger partial charge in [-0.3, -0.25) is 0 Å². The number of carbonyl (C=O) groups excluding carboxylic acids is 1. The Bertz CT molecular complexity index is 839. The predicted octanol–water partition coefficient (Wildman–Crippen LogP) is 6.59. The van der Waals surface area contributed by atoms with Crippen LogP contribution in [0.15, 0.2) is 49.6 Å². The van der Waals surface area contributed by atoms with Gasteiger partial charge in [0.2, 0.25) is 0 Å². The van der Waals surface area contributed by atoms with E-state index in [0.29, 0.717) is 0 Å². The van der Waals surface area contributed by atoms with Gasteiger partial charge in [-0.2, -0.15) is 26.3 Å². The van der Waals surface area contributed by atoms with Crippen molar-refractivity contribution in [3.63, 3.8) is 0 Å². The van der Waals surface area contributed by atoms with Gasteiger partial charge >= 0.3 is 18.5 Å². The molecule has 2 rings (SSSR count). The molecule has 3 nitrogen and oxygen atoms in total. The second-order valence-electron chi connectivity index (χ2n) is 5.29. The third-order valence-corrected chi connectivity index (χ3v) is 3.54. The van der Waals surface area contributed by atoms with Crippen molar-refractivity contribution in [2.45, 2.75) is 12.4 Å². The highest BCUT2D eigenvalue weighted by Gasteiger charge is 2.35. The average Bonchev–Trinajstić information content (AvgIpc) is 2.59. The lowest BCUT2D eigenvalue weighted by molar-refractivity contribution is -0.138. The molecule has 2 aromatic rings. The monoisotopic (exact) mass is 402 g/mol. The van der Waals surface area contributed by atoms with Crippen LogP contribution in [0.2, 0.25) is 0 Å². The number of carbonyl (C=O) groups is 1. The standard InChI is InChI=1S/C19H12F6O3/c1-3-11-13(18(20,21)22)7-5-9-15(11)27-17(26)28-16-10-6-8-14(12(16)4-2)19(23,24)25/h3-10H,1-2H2. The van der Waals surface area contributed by atoms with Crippen molar-refractivity contribution in [2.75, 3.05) is 0 Å². The van der Waals surface area contributed by atoms with Crippen molar-refractivity contribution in [1.29, 1.82) is 0 Å². The topological polar surface area (TPSA) is 35.5 Å². The van der Waals surface area contributed by atoms with Crippen LogP contribution in [-0.4, -0.2) is 6.16 Å². The summed E-state index contributed by atoms with van der Waals surface area (Å²) in [5.41, 5.74) is -3.22. The maximum atomic E-state index is 13.0. The van der Waals surface area contributed by atoms with Crippen LogP contribution in [0.25, 0.3) is 12.2 Å². The second kappa shape index (κ2) is 7.79. The molecule has 0 aliphatic heterocycles. The fourth-order valence-corrected chi connectivity index (χ4v) is 2.38. The summed E-state index contributed by atoms with van der Waals surface area (Å²) in [4.78, 5) is 12.0. The molecule has 2 aromatic carbocycles. The Morgan fingerprint density at radius 1 is 0.750 bits per heavy atom. The summed E-state index contributed by atoms with van der Waals surface area (Å²) in [6.45, 7) is 6.51. The maximum absolute atomic E-state index is 13.0. The zero-order chi connectivity index (χ0) is 21.1. The molecule has 0 bridgehead atoms. The van der Waals surface area contributed by atoms with Crippen molar-refractivity contribution in [1.82, 2.24) is 0 Å². The zero-order valence-electron chi connectivity index (χ0n) is 14.0. The van der Waals surface area contributed by atoms with Gasteiger partial charge in [-0.05, 0) is 24.3 Å². The van der Waals surface area contributed by atoms with Crippen LogP contribution in [0.4, 0.5) is 31.1 Å². The van der Waals surface area contributed by atoms with Gasteiger partial charge in [0.1, 0.15) is 11.5 Å². The van der Waals surface area contributed by atoms with Gasteiger partial charge in [0.15, 0.2) is 0 Å². The summed E-state index contributed by atoms with van der Waals surface area (Å²) in [5.74, 6) is -1.02. The minimum atomic E-state index is -4.73. The number of alkyl halides is 6. The highest BCUT2D eigenvalue weighted by Crippen LogP contribution is 2.38. The summed E-state index contributed by atoms with van der Waals surface area (Å²) in [5, 5.41) is 0. The Kier molecular flexibility index (Phi) is 5.86. The first-order chi connectivity index (χ1) is 13.0. The van der Waals surface area contributed by atoms with E-state index in [1.807, 2.05) is 0 Å². The van der Waals surface area contributed by atoms with Crippen molar-refractivity contribution >= 4 is 18.3 Å². The van der Waals surface area contributed by atoms with Crippen LogP contribution in [0.1, 0.15) is 22.3 Å². The molecule has 0 saturated heterocycles. The first-order valence-corrected chi connectivity index (χ1v) is 7.54. The Labute approximate surface area is 155 Å². The van der Waals surface area contributed by atoms with E-state index >= 15 is 0 Å². The summed E-state index contributed by atoms with van der Waals surface area (Å²) in [6, 6.07) is 5.65. The lowest BCUT2D eigenvalue weighted by Crippen LogP contribution is -2.17. The number of hydrogen-bond donors (Lipinski definition) is 0. The molecule has 0 aliphatic rings. The average molecular weight is 402 g/mol. The fourth-order valence-electron chi connectivity index (χ4n) is 2.38. The number of benzene rings is 2. The van der Waals surface area contributed by atoms with Crippen molar-refractivity contribution < 1.29 is 40.6 Å². The lowest BCUT2D eigenvalue weighted by Gasteiger charge is -2.16. The van der Waals surface area contributed by atoms with Gasteiger partial charge in [0, 0.05) is 11.1 Å². The summed E-state index contributed by atoms with van der Waals surface area (Å²) < 4.78 is 87.6. The van der Waals surface area contributed by atoms with Crippen molar-refractivity contribution in [3.05, 3.63) is 71.8 Å². The third kappa shape index (κ3) is 4.54. The van der Waals surface area contributed by atoms with E-state index in [1.165, 1.54) is 0 Å². The van der Waals surface area contributed by atoms with Crippen LogP contribution in [-0.2, 0) is 12.4 Å². The Hall–Kier alpha value is -3.23. The van der Waals surface area contributed by atoms with Crippen molar-refractivity contribution in [2.24, 2.45) is 0 Å². The minimum Gasteiger partial charge on any atom is -0.394 e. The van der Waals surface area contributed by atoms with Gasteiger partial charge in [-0.25, -0.2) is 4.79 Å². The molecule has 0 aliphatic carbocycles. The highest BCUT2D eigenvalue weighted by molar-refractivity contribution is 5.73. The van der Waals surface area contributed by atoms with E-state index in [-0.39, 0.29) is 0 Å². The Morgan fingerprint density at radius 3 is 1.39 bits per heavy atom. The number of ether oxygens (including phenoxy) is 2. The molecule has 0 N–H and O–H groups in total. The van der Waals surface area contributed by atoms with Gasteiger partial charge in [0.05, 0.1) is 11.1 Å². The summed E-state index contributed by atoms with van der Waals surface area (Å²) in [7, 11) is 0. The normalized spacial score (nSPS) is 11.6. The molecule has 0 fully saturated rings. The van der Waals surface area contributed by atoms with E-state index in [2.05, 4.69) is 13.2 Å². The lowest BCUT2D eigenvalue weighted by atomic mass is 10.1. The van der Waals surface area contributed by atoms with Crippen LogP contribution in [0.3, 0.4) is 0 Å². The molecule has 0 spiro atoms. The van der Waals surface area contributed by atoms with Crippen LogP contribution in [0.5, 0.6) is 11.5 Å². The second-order valence-corrected chi connectivity index (χ2v) is 5.29. The number of hydrogen-bond acceptors (Lipinski definition) is 3. The Morgan fingerprint density at radius 2 is 1.11 bits per heavy atom. The summed E-state index contributed by atoms with van der Waals surface area (Å²) in [6.07, 6.45) is -9.31. The molecule has 0 saturated carbocycles. The van der Waals surface area contributed by atoms with E-state index in [9.17, 15) is 31.1 Å². The van der Waals surface area contributed by atoms with Crippen LogP contribution >= 0.6 is 0 Å². The Balaban J connectivity index is 2.34. The quantitative estimate of drug-likeness (QED) is 0.329. The highest BCUT2D eigenvalue weighted by atomic mass is 19.4. The van der Waals surface area contributed by atoms with E-state index in [1.54, 1.807) is 0 Å². The molecule has 0 radical (unpaired) electrons. The van der Waals surface area contributed by atoms with E-state index < -0.39 is 52.3 Å². The van der Waals surface area contributed by atoms with Gasteiger partial charge in [-0.1, -0.05) is 37.4 Å². The van der Waals surface area contributed by atoms with E-state index in [0.717, 1.165) is 48.6 Å². The third-order valence-electron chi connectivity index (χ3n) is 3.54. The van der Waals surface area contributed by atoms with Gasteiger partial charge in [0.25, 0.3) is 0 Å². The first-order valence-electron chi connectivity index (χ1n) is 7.54. The molecule has 148 valence electrons. The maximum Gasteiger partial charge on any atom is 0.519 e. The molecule has 0 amide bonds. The predicted molar refractivity (Wildman–Crippen MR) is 89.7 cm³/mol.